The van der Waals surface area contributed by atoms with Crippen LogP contribution in [0, 0.1) is 0 Å². The second-order valence-electron chi connectivity index (χ2n) is 4.15. The van der Waals surface area contributed by atoms with Crippen LogP contribution < -0.4 is 5.73 Å². The Morgan fingerprint density at radius 2 is 2.28 bits per heavy atom. The van der Waals surface area contributed by atoms with Gasteiger partial charge in [0, 0.05) is 6.54 Å². The van der Waals surface area contributed by atoms with Crippen molar-refractivity contribution < 1.29 is 4.79 Å². The van der Waals surface area contributed by atoms with Crippen molar-refractivity contribution >= 4 is 21.7 Å². The molecule has 0 saturated carbocycles. The number of Topliss-reactive ketones (excluding diaryl/α,β-unsaturated/α-hetero) is 1. The molecule has 1 atom stereocenters. The van der Waals surface area contributed by atoms with Crippen LogP contribution in [0.5, 0.6) is 0 Å². The van der Waals surface area contributed by atoms with Crippen molar-refractivity contribution in [2.24, 2.45) is 5.73 Å². The van der Waals surface area contributed by atoms with Crippen molar-refractivity contribution in [2.45, 2.75) is 45.7 Å². The third-order valence-electron chi connectivity index (χ3n) is 2.87. The molecular weight excluding hydrogens is 294 g/mol. The smallest absolute Gasteiger partial charge is 0.155 e. The predicted molar refractivity (Wildman–Crippen MR) is 76.5 cm³/mol. The number of halogens is 1. The van der Waals surface area contributed by atoms with Crippen LogP contribution in [0.2, 0.25) is 0 Å². The summed E-state index contributed by atoms with van der Waals surface area (Å²) in [5.74, 6) is 0.0212. The third-order valence-corrected chi connectivity index (χ3v) is 3.79. The lowest BCUT2D eigenvalue weighted by Crippen LogP contribution is -2.31. The highest BCUT2D eigenvalue weighted by Gasteiger charge is 2.19. The SMILES string of the molecule is C=CCC(N)C(=O)Cc1c(Br)c(CC)nn1CC. The van der Waals surface area contributed by atoms with Crippen LogP contribution in [0.25, 0.3) is 0 Å². The third kappa shape index (κ3) is 3.29. The Balaban J connectivity index is 2.92. The fourth-order valence-electron chi connectivity index (χ4n) is 1.79. The van der Waals surface area contributed by atoms with E-state index in [1.54, 1.807) is 6.08 Å². The normalized spacial score (nSPS) is 12.4. The van der Waals surface area contributed by atoms with E-state index in [1.165, 1.54) is 0 Å². The minimum Gasteiger partial charge on any atom is -0.321 e. The highest BCUT2D eigenvalue weighted by Crippen LogP contribution is 2.23. The summed E-state index contributed by atoms with van der Waals surface area (Å²) in [7, 11) is 0. The number of hydrogen-bond donors (Lipinski definition) is 1. The Kier molecular flexibility index (Phi) is 5.75. The molecule has 0 aliphatic rings. The maximum Gasteiger partial charge on any atom is 0.155 e. The second kappa shape index (κ2) is 6.85. The summed E-state index contributed by atoms with van der Waals surface area (Å²) in [5.41, 5.74) is 7.69. The van der Waals surface area contributed by atoms with Gasteiger partial charge < -0.3 is 5.73 Å². The lowest BCUT2D eigenvalue weighted by molar-refractivity contribution is -0.119. The summed E-state index contributed by atoms with van der Waals surface area (Å²) in [6.07, 6.45) is 3.34. The summed E-state index contributed by atoms with van der Waals surface area (Å²) < 4.78 is 2.80. The van der Waals surface area contributed by atoms with Crippen LogP contribution >= 0.6 is 15.9 Å². The van der Waals surface area contributed by atoms with E-state index in [9.17, 15) is 4.79 Å². The molecule has 5 heteroatoms. The largest absolute Gasteiger partial charge is 0.321 e. The van der Waals surface area contributed by atoms with Crippen LogP contribution in [0.1, 0.15) is 31.7 Å². The summed E-state index contributed by atoms with van der Waals surface area (Å²) in [5, 5.41) is 4.46. The lowest BCUT2D eigenvalue weighted by atomic mass is 10.1. The quantitative estimate of drug-likeness (QED) is 0.785. The molecule has 0 saturated heterocycles. The molecule has 4 nitrogen and oxygen atoms in total. The monoisotopic (exact) mass is 313 g/mol. The summed E-state index contributed by atoms with van der Waals surface area (Å²) in [4.78, 5) is 12.0. The van der Waals surface area contributed by atoms with E-state index in [0.29, 0.717) is 12.8 Å². The van der Waals surface area contributed by atoms with Gasteiger partial charge in [-0.2, -0.15) is 5.10 Å². The number of aromatic nitrogens is 2. The first kappa shape index (κ1) is 15.1. The molecule has 0 amide bonds. The Morgan fingerprint density at radius 3 is 2.78 bits per heavy atom. The van der Waals surface area contributed by atoms with Gasteiger partial charge in [-0.3, -0.25) is 9.48 Å². The summed E-state index contributed by atoms with van der Waals surface area (Å²) in [6.45, 7) is 8.40. The van der Waals surface area contributed by atoms with Gasteiger partial charge in [-0.05, 0) is 35.7 Å². The molecule has 0 radical (unpaired) electrons. The number of nitrogens with zero attached hydrogens (tertiary/aromatic N) is 2. The van der Waals surface area contributed by atoms with Crippen molar-refractivity contribution in [3.05, 3.63) is 28.5 Å². The van der Waals surface area contributed by atoms with E-state index in [-0.39, 0.29) is 5.78 Å². The number of carbonyl (C=O) groups excluding carboxylic acids is 1. The van der Waals surface area contributed by atoms with Gasteiger partial charge in [0.25, 0.3) is 0 Å². The standard InChI is InChI=1S/C13H20BrN3O/c1-4-7-9(15)12(18)8-11-13(14)10(5-2)16-17(11)6-3/h4,9H,1,5-8,15H2,2-3H3. The van der Waals surface area contributed by atoms with Gasteiger partial charge in [0.2, 0.25) is 0 Å². The number of ketones is 1. The number of hydrogen-bond acceptors (Lipinski definition) is 3. The lowest BCUT2D eigenvalue weighted by Gasteiger charge is -2.09. The van der Waals surface area contributed by atoms with Gasteiger partial charge in [0.05, 0.1) is 28.3 Å². The van der Waals surface area contributed by atoms with Crippen LogP contribution in [-0.2, 0) is 24.2 Å². The zero-order valence-corrected chi connectivity index (χ0v) is 12.5. The van der Waals surface area contributed by atoms with E-state index >= 15 is 0 Å². The first-order chi connectivity index (χ1) is 8.54. The zero-order valence-electron chi connectivity index (χ0n) is 10.9. The Morgan fingerprint density at radius 1 is 1.61 bits per heavy atom. The molecule has 0 fully saturated rings. The van der Waals surface area contributed by atoms with E-state index in [1.807, 2.05) is 18.5 Å². The molecule has 1 rings (SSSR count). The molecule has 1 unspecified atom stereocenters. The average Bonchev–Trinajstić information content (AvgIpc) is 2.66. The van der Waals surface area contributed by atoms with Crippen LogP contribution in [-0.4, -0.2) is 21.6 Å². The molecule has 2 N–H and O–H groups in total. The number of aryl methyl sites for hydroxylation is 2. The van der Waals surface area contributed by atoms with E-state index < -0.39 is 6.04 Å². The van der Waals surface area contributed by atoms with Gasteiger partial charge in [-0.15, -0.1) is 6.58 Å². The van der Waals surface area contributed by atoms with E-state index in [0.717, 1.165) is 28.8 Å². The zero-order chi connectivity index (χ0) is 13.7. The van der Waals surface area contributed by atoms with Crippen molar-refractivity contribution in [1.29, 1.82) is 0 Å². The highest BCUT2D eigenvalue weighted by atomic mass is 79.9. The Labute approximate surface area is 116 Å². The second-order valence-corrected chi connectivity index (χ2v) is 4.94. The van der Waals surface area contributed by atoms with Crippen LogP contribution in [0.3, 0.4) is 0 Å². The number of carbonyl (C=O) groups is 1. The van der Waals surface area contributed by atoms with Gasteiger partial charge in [-0.25, -0.2) is 0 Å². The average molecular weight is 314 g/mol. The van der Waals surface area contributed by atoms with Crippen molar-refractivity contribution in [3.8, 4) is 0 Å². The first-order valence-corrected chi connectivity index (χ1v) is 6.97. The molecule has 1 aromatic heterocycles. The molecular formula is C13H20BrN3O. The van der Waals surface area contributed by atoms with E-state index in [4.69, 9.17) is 5.73 Å². The molecule has 1 aromatic rings. The predicted octanol–water partition coefficient (Wildman–Crippen LogP) is 2.24. The van der Waals surface area contributed by atoms with E-state index in [2.05, 4.69) is 27.6 Å². The van der Waals surface area contributed by atoms with Gasteiger partial charge in [0.15, 0.2) is 5.78 Å². The Hall–Kier alpha value is -0.940. The maximum atomic E-state index is 12.0. The topological polar surface area (TPSA) is 60.9 Å². The highest BCUT2D eigenvalue weighted by molar-refractivity contribution is 9.10. The minimum absolute atomic E-state index is 0.0212. The molecule has 0 bridgehead atoms. The molecule has 0 aliphatic heterocycles. The van der Waals surface area contributed by atoms with Crippen LogP contribution in [0.4, 0.5) is 0 Å². The molecule has 0 spiro atoms. The number of nitrogens with two attached hydrogens (primary N) is 1. The molecule has 1 heterocycles. The number of rotatable bonds is 7. The summed E-state index contributed by atoms with van der Waals surface area (Å²) >= 11 is 3.52. The van der Waals surface area contributed by atoms with Gasteiger partial charge >= 0.3 is 0 Å². The Bertz CT molecular complexity index is 440. The minimum atomic E-state index is -0.473. The first-order valence-electron chi connectivity index (χ1n) is 6.18. The fourth-order valence-corrected chi connectivity index (χ4v) is 2.50. The molecule has 0 aliphatic carbocycles. The maximum absolute atomic E-state index is 12.0. The van der Waals surface area contributed by atoms with Crippen molar-refractivity contribution in [3.63, 3.8) is 0 Å². The molecule has 100 valence electrons. The van der Waals surface area contributed by atoms with Gasteiger partial charge in [-0.1, -0.05) is 13.0 Å². The van der Waals surface area contributed by atoms with Crippen LogP contribution in [0.15, 0.2) is 17.1 Å². The fraction of sp³-hybridized carbons (Fsp3) is 0.538. The summed E-state index contributed by atoms with van der Waals surface area (Å²) in [6, 6.07) is -0.473. The van der Waals surface area contributed by atoms with Crippen molar-refractivity contribution in [1.82, 2.24) is 9.78 Å². The van der Waals surface area contributed by atoms with Crippen molar-refractivity contribution in [2.75, 3.05) is 0 Å². The molecule has 18 heavy (non-hydrogen) atoms. The molecule has 0 aromatic carbocycles. The van der Waals surface area contributed by atoms with Gasteiger partial charge in [0.1, 0.15) is 0 Å².